The van der Waals surface area contributed by atoms with Crippen molar-refractivity contribution in [1.29, 1.82) is 0 Å². The van der Waals surface area contributed by atoms with E-state index in [9.17, 15) is 14.4 Å². The van der Waals surface area contributed by atoms with Crippen LogP contribution in [0.4, 0.5) is 4.79 Å². The zero-order valence-corrected chi connectivity index (χ0v) is 12.8. The Hall–Kier alpha value is -1.18. The van der Waals surface area contributed by atoms with Gasteiger partial charge in [0.1, 0.15) is 0 Å². The molecule has 7 nitrogen and oxygen atoms in total. The van der Waals surface area contributed by atoms with Crippen molar-refractivity contribution < 1.29 is 9.53 Å². The third-order valence-electron chi connectivity index (χ3n) is 2.26. The Morgan fingerprint density at radius 2 is 2.10 bits per heavy atom. The van der Waals surface area contributed by atoms with E-state index in [-0.39, 0.29) is 12.2 Å². The van der Waals surface area contributed by atoms with Gasteiger partial charge in [0, 0.05) is 11.8 Å². The molecule has 20 heavy (non-hydrogen) atoms. The number of halogens is 3. The summed E-state index contributed by atoms with van der Waals surface area (Å²) in [7, 11) is 0. The van der Waals surface area contributed by atoms with Crippen LogP contribution in [-0.4, -0.2) is 26.0 Å². The monoisotopic (exact) mass is 343 g/mol. The van der Waals surface area contributed by atoms with E-state index in [1.165, 1.54) is 13.1 Å². The number of aromatic nitrogens is 2. The van der Waals surface area contributed by atoms with Gasteiger partial charge in [0.15, 0.2) is 6.17 Å². The molecule has 0 unspecified atom stereocenters. The number of hydrogen-bond acceptors (Lipinski definition) is 4. The van der Waals surface area contributed by atoms with Crippen molar-refractivity contribution in [2.45, 2.75) is 23.8 Å². The lowest BCUT2D eigenvalue weighted by Crippen LogP contribution is -2.46. The van der Waals surface area contributed by atoms with Crippen LogP contribution in [0.15, 0.2) is 15.8 Å². The SMILES string of the molecule is CCOC(=O)N[C@H](n1cc(C)c(=O)[nH]c1=O)C(Cl)(Cl)Cl. The van der Waals surface area contributed by atoms with E-state index in [0.29, 0.717) is 0 Å². The van der Waals surface area contributed by atoms with Crippen LogP contribution in [0.2, 0.25) is 0 Å². The van der Waals surface area contributed by atoms with E-state index in [2.05, 4.69) is 10.1 Å². The molecule has 0 radical (unpaired) electrons. The summed E-state index contributed by atoms with van der Waals surface area (Å²) in [6.07, 6.45) is -1.02. The van der Waals surface area contributed by atoms with Crippen LogP contribution in [0, 0.1) is 6.92 Å². The fourth-order valence-electron chi connectivity index (χ4n) is 1.37. The Labute approximate surface area is 128 Å². The van der Waals surface area contributed by atoms with Crippen LogP contribution in [0.25, 0.3) is 0 Å². The minimum Gasteiger partial charge on any atom is -0.450 e. The molecule has 0 fully saturated rings. The van der Waals surface area contributed by atoms with E-state index >= 15 is 0 Å². The fourth-order valence-corrected chi connectivity index (χ4v) is 1.85. The molecular weight excluding hydrogens is 332 g/mol. The van der Waals surface area contributed by atoms with E-state index in [0.717, 1.165) is 4.57 Å². The molecule has 0 aliphatic carbocycles. The number of carbonyl (C=O) groups is 1. The predicted octanol–water partition coefficient (Wildman–Crippen LogP) is 1.46. The van der Waals surface area contributed by atoms with E-state index in [4.69, 9.17) is 34.8 Å². The van der Waals surface area contributed by atoms with Crippen LogP contribution in [-0.2, 0) is 4.74 Å². The van der Waals surface area contributed by atoms with Gasteiger partial charge in [0.05, 0.1) is 6.61 Å². The number of aryl methyl sites for hydroxylation is 1. The number of alkyl halides is 3. The van der Waals surface area contributed by atoms with E-state index in [1.54, 1.807) is 6.92 Å². The first-order valence-corrected chi connectivity index (χ1v) is 6.62. The summed E-state index contributed by atoms with van der Waals surface area (Å²) in [6, 6.07) is 0. The molecule has 1 aromatic rings. The molecule has 2 N–H and O–H groups in total. The number of amides is 1. The van der Waals surface area contributed by atoms with Crippen LogP contribution >= 0.6 is 34.8 Å². The molecule has 1 aromatic heterocycles. The highest BCUT2D eigenvalue weighted by molar-refractivity contribution is 6.67. The Morgan fingerprint density at radius 3 is 2.60 bits per heavy atom. The Bertz CT molecular complexity index is 605. The Morgan fingerprint density at radius 1 is 1.50 bits per heavy atom. The van der Waals surface area contributed by atoms with Crippen molar-refractivity contribution in [1.82, 2.24) is 14.9 Å². The highest BCUT2D eigenvalue weighted by atomic mass is 35.6. The lowest BCUT2D eigenvalue weighted by Gasteiger charge is -2.26. The average molecular weight is 345 g/mol. The molecular formula is C10H12Cl3N3O4. The molecule has 0 aliphatic heterocycles. The van der Waals surface area contributed by atoms with Gasteiger partial charge < -0.3 is 4.74 Å². The van der Waals surface area contributed by atoms with Crippen molar-refractivity contribution in [2.24, 2.45) is 0 Å². The lowest BCUT2D eigenvalue weighted by atomic mass is 10.4. The standard InChI is InChI=1S/C10H12Cl3N3O4/c1-3-20-9(19)15-7(10(11,12)13)16-4-5(2)6(17)14-8(16)18/h4,7H,3H2,1-2H3,(H,15,19)(H,14,17,18)/t7-/m1/s1. The molecule has 0 bridgehead atoms. The van der Waals surface area contributed by atoms with Crippen molar-refractivity contribution >= 4 is 40.9 Å². The minimum absolute atomic E-state index is 0.109. The van der Waals surface area contributed by atoms with Gasteiger partial charge in [-0.25, -0.2) is 9.59 Å². The highest BCUT2D eigenvalue weighted by Crippen LogP contribution is 2.35. The summed E-state index contributed by atoms with van der Waals surface area (Å²) in [6.45, 7) is 3.17. The van der Waals surface area contributed by atoms with E-state index < -0.39 is 27.3 Å². The summed E-state index contributed by atoms with van der Waals surface area (Å²) >= 11 is 17.3. The number of H-pyrrole nitrogens is 1. The van der Waals surface area contributed by atoms with Crippen LogP contribution in [0.1, 0.15) is 18.7 Å². The number of ether oxygens (including phenoxy) is 1. The maximum Gasteiger partial charge on any atom is 0.408 e. The van der Waals surface area contributed by atoms with Crippen molar-refractivity contribution in [2.75, 3.05) is 6.61 Å². The van der Waals surface area contributed by atoms with Gasteiger partial charge >= 0.3 is 11.8 Å². The molecule has 0 saturated carbocycles. The minimum atomic E-state index is -2.03. The van der Waals surface area contributed by atoms with Crippen molar-refractivity contribution in [3.8, 4) is 0 Å². The molecule has 10 heteroatoms. The normalized spacial score (nSPS) is 12.8. The number of alkyl carbamates (subject to hydrolysis) is 1. The predicted molar refractivity (Wildman–Crippen MR) is 75.5 cm³/mol. The number of nitrogens with zero attached hydrogens (tertiary/aromatic N) is 1. The summed E-state index contributed by atoms with van der Waals surface area (Å²) in [5.41, 5.74) is -1.17. The first kappa shape index (κ1) is 16.9. The molecule has 1 heterocycles. The van der Waals surface area contributed by atoms with Gasteiger partial charge in [-0.3, -0.25) is 19.7 Å². The van der Waals surface area contributed by atoms with Crippen LogP contribution in [0.5, 0.6) is 0 Å². The van der Waals surface area contributed by atoms with Gasteiger partial charge in [-0.05, 0) is 13.8 Å². The Kier molecular flexibility index (Phi) is 5.50. The third-order valence-corrected chi connectivity index (χ3v) is 2.88. The van der Waals surface area contributed by atoms with Gasteiger partial charge in [-0.15, -0.1) is 0 Å². The number of carbonyl (C=O) groups excluding carboxylic acids is 1. The second-order valence-electron chi connectivity index (χ2n) is 3.79. The molecule has 112 valence electrons. The van der Waals surface area contributed by atoms with Gasteiger partial charge in [0.25, 0.3) is 5.56 Å². The molecule has 1 atom stereocenters. The number of aromatic amines is 1. The second-order valence-corrected chi connectivity index (χ2v) is 6.16. The summed E-state index contributed by atoms with van der Waals surface area (Å²) in [5.74, 6) is 0. The fraction of sp³-hybridized carbons (Fsp3) is 0.500. The third kappa shape index (κ3) is 4.16. The molecule has 0 saturated heterocycles. The largest absolute Gasteiger partial charge is 0.450 e. The second kappa shape index (κ2) is 6.51. The molecule has 0 spiro atoms. The highest BCUT2D eigenvalue weighted by Gasteiger charge is 2.36. The Balaban J connectivity index is 3.25. The lowest BCUT2D eigenvalue weighted by molar-refractivity contribution is 0.143. The van der Waals surface area contributed by atoms with Gasteiger partial charge in [0.2, 0.25) is 3.79 Å². The first-order valence-electron chi connectivity index (χ1n) is 5.49. The number of hydrogen-bond donors (Lipinski definition) is 2. The van der Waals surface area contributed by atoms with Gasteiger partial charge in [-0.2, -0.15) is 0 Å². The zero-order valence-electron chi connectivity index (χ0n) is 10.6. The van der Waals surface area contributed by atoms with Crippen molar-refractivity contribution in [3.63, 3.8) is 0 Å². The van der Waals surface area contributed by atoms with Crippen molar-refractivity contribution in [3.05, 3.63) is 32.6 Å². The summed E-state index contributed by atoms with van der Waals surface area (Å²) in [5, 5.41) is 2.25. The summed E-state index contributed by atoms with van der Waals surface area (Å²) in [4.78, 5) is 36.6. The average Bonchev–Trinajstić information content (AvgIpc) is 2.30. The quantitative estimate of drug-likeness (QED) is 0.812. The first-order chi connectivity index (χ1) is 9.16. The molecule has 1 rings (SSSR count). The number of rotatable bonds is 3. The summed E-state index contributed by atoms with van der Waals surface area (Å²) < 4.78 is 3.55. The zero-order chi connectivity index (χ0) is 15.5. The molecule has 0 aliphatic rings. The number of nitrogens with one attached hydrogen (secondary N) is 2. The van der Waals surface area contributed by atoms with Gasteiger partial charge in [-0.1, -0.05) is 34.8 Å². The topological polar surface area (TPSA) is 93.2 Å². The molecule has 1 amide bonds. The van der Waals surface area contributed by atoms with E-state index in [1.807, 2.05) is 4.98 Å². The smallest absolute Gasteiger partial charge is 0.408 e. The maximum atomic E-state index is 11.8. The maximum absolute atomic E-state index is 11.8. The van der Waals surface area contributed by atoms with Crippen LogP contribution in [0.3, 0.4) is 0 Å². The molecule has 0 aromatic carbocycles. The van der Waals surface area contributed by atoms with Crippen LogP contribution < -0.4 is 16.6 Å².